The first-order chi connectivity index (χ1) is 15.2. The Balaban J connectivity index is 1.51. The number of aromatic nitrogens is 2. The van der Waals surface area contributed by atoms with Gasteiger partial charge in [-0.25, -0.2) is 5.43 Å². The number of carbonyl (C=O) groups is 1. The molecular formula is C24H22N4O3. The fourth-order valence-corrected chi connectivity index (χ4v) is 3.29. The van der Waals surface area contributed by atoms with Gasteiger partial charge in [0.15, 0.2) is 0 Å². The molecule has 0 fully saturated rings. The van der Waals surface area contributed by atoms with Gasteiger partial charge in [-0.1, -0.05) is 30.3 Å². The van der Waals surface area contributed by atoms with Crippen molar-refractivity contribution in [1.29, 1.82) is 0 Å². The molecule has 0 bridgehead atoms. The van der Waals surface area contributed by atoms with Gasteiger partial charge >= 0.3 is 0 Å². The number of hydrogen-bond donors (Lipinski definition) is 2. The molecule has 1 heterocycles. The average molecular weight is 414 g/mol. The van der Waals surface area contributed by atoms with Gasteiger partial charge < -0.3 is 9.47 Å². The van der Waals surface area contributed by atoms with Crippen LogP contribution in [0.4, 0.5) is 0 Å². The van der Waals surface area contributed by atoms with E-state index in [0.29, 0.717) is 23.7 Å². The Bertz CT molecular complexity index is 1230. The lowest BCUT2D eigenvalue weighted by Gasteiger charge is -2.09. The molecule has 0 aliphatic heterocycles. The van der Waals surface area contributed by atoms with E-state index in [1.807, 2.05) is 67.6 Å². The van der Waals surface area contributed by atoms with E-state index in [-0.39, 0.29) is 5.91 Å². The van der Waals surface area contributed by atoms with Crippen molar-refractivity contribution in [2.45, 2.75) is 6.92 Å². The minimum Gasteiger partial charge on any atom is -0.496 e. The van der Waals surface area contributed by atoms with Gasteiger partial charge in [-0.05, 0) is 59.7 Å². The van der Waals surface area contributed by atoms with Crippen molar-refractivity contribution in [3.05, 3.63) is 78.0 Å². The van der Waals surface area contributed by atoms with Gasteiger partial charge in [-0.15, -0.1) is 0 Å². The number of aromatic amines is 1. The Labute approximate surface area is 179 Å². The Hall–Kier alpha value is -4.13. The molecule has 0 unspecified atom stereocenters. The monoisotopic (exact) mass is 414 g/mol. The summed E-state index contributed by atoms with van der Waals surface area (Å²) in [6.07, 6.45) is 1.57. The van der Waals surface area contributed by atoms with Crippen LogP contribution in [-0.4, -0.2) is 36.0 Å². The van der Waals surface area contributed by atoms with Crippen LogP contribution in [-0.2, 0) is 0 Å². The lowest BCUT2D eigenvalue weighted by atomic mass is 10.0. The van der Waals surface area contributed by atoms with E-state index >= 15 is 0 Å². The van der Waals surface area contributed by atoms with Crippen LogP contribution in [0.15, 0.2) is 71.8 Å². The number of hydrogen-bond acceptors (Lipinski definition) is 5. The van der Waals surface area contributed by atoms with Crippen molar-refractivity contribution < 1.29 is 14.3 Å². The van der Waals surface area contributed by atoms with E-state index < -0.39 is 0 Å². The summed E-state index contributed by atoms with van der Waals surface area (Å²) in [5, 5.41) is 13.2. The first-order valence-electron chi connectivity index (χ1n) is 9.87. The van der Waals surface area contributed by atoms with Crippen molar-refractivity contribution >= 4 is 22.9 Å². The second-order valence-corrected chi connectivity index (χ2v) is 6.73. The maximum Gasteiger partial charge on any atom is 0.289 e. The summed E-state index contributed by atoms with van der Waals surface area (Å²) >= 11 is 0. The second-order valence-electron chi connectivity index (χ2n) is 6.73. The normalized spacial score (nSPS) is 11.0. The molecule has 31 heavy (non-hydrogen) atoms. The van der Waals surface area contributed by atoms with Crippen LogP contribution in [0, 0.1) is 0 Å². The molecule has 4 rings (SSSR count). The molecular weight excluding hydrogens is 392 g/mol. The molecule has 0 radical (unpaired) electrons. The van der Waals surface area contributed by atoms with Crippen LogP contribution in [0.5, 0.6) is 11.5 Å². The zero-order valence-corrected chi connectivity index (χ0v) is 17.3. The van der Waals surface area contributed by atoms with E-state index in [4.69, 9.17) is 9.47 Å². The fraction of sp³-hybridized carbons (Fsp3) is 0.125. The lowest BCUT2D eigenvalue weighted by molar-refractivity contribution is 0.0950. The van der Waals surface area contributed by atoms with Crippen molar-refractivity contribution in [3.63, 3.8) is 0 Å². The number of methoxy groups -OCH3 is 1. The molecule has 2 N–H and O–H groups in total. The van der Waals surface area contributed by atoms with Crippen molar-refractivity contribution in [3.8, 4) is 22.8 Å². The summed E-state index contributed by atoms with van der Waals surface area (Å²) in [4.78, 5) is 12.5. The molecule has 156 valence electrons. The second kappa shape index (κ2) is 9.13. The van der Waals surface area contributed by atoms with Gasteiger partial charge in [0, 0.05) is 0 Å². The summed E-state index contributed by atoms with van der Waals surface area (Å²) < 4.78 is 10.9. The van der Waals surface area contributed by atoms with Crippen molar-refractivity contribution in [1.82, 2.24) is 15.6 Å². The number of nitrogens with one attached hydrogen (secondary N) is 2. The Morgan fingerprint density at radius 3 is 2.71 bits per heavy atom. The van der Waals surface area contributed by atoms with Gasteiger partial charge in [0.25, 0.3) is 5.91 Å². The number of H-pyrrole nitrogens is 1. The van der Waals surface area contributed by atoms with E-state index in [9.17, 15) is 4.79 Å². The molecule has 4 aromatic rings. The molecule has 0 atom stereocenters. The predicted octanol–water partition coefficient (Wildman–Crippen LogP) is 4.40. The topological polar surface area (TPSA) is 88.6 Å². The largest absolute Gasteiger partial charge is 0.496 e. The molecule has 7 heteroatoms. The SMILES string of the molecule is CCOc1ccc(/C=N\NC(=O)c2cc(-c3c(OC)ccc4ccccc34)n[nH]2)cc1. The van der Waals surface area contributed by atoms with E-state index in [2.05, 4.69) is 20.7 Å². The van der Waals surface area contributed by atoms with Gasteiger partial charge in [-0.2, -0.15) is 10.2 Å². The molecule has 0 saturated carbocycles. The van der Waals surface area contributed by atoms with Crippen LogP contribution in [0.3, 0.4) is 0 Å². The number of ether oxygens (including phenoxy) is 2. The highest BCUT2D eigenvalue weighted by atomic mass is 16.5. The molecule has 0 spiro atoms. The quantitative estimate of drug-likeness (QED) is 0.346. The van der Waals surface area contributed by atoms with Gasteiger partial charge in [0.1, 0.15) is 17.2 Å². The minimum atomic E-state index is -0.389. The number of nitrogens with zero attached hydrogens (tertiary/aromatic N) is 2. The van der Waals surface area contributed by atoms with Crippen LogP contribution in [0.25, 0.3) is 22.0 Å². The zero-order valence-electron chi connectivity index (χ0n) is 17.3. The predicted molar refractivity (Wildman–Crippen MR) is 121 cm³/mol. The summed E-state index contributed by atoms with van der Waals surface area (Å²) in [5.74, 6) is 1.09. The van der Waals surface area contributed by atoms with Gasteiger partial charge in [0.05, 0.1) is 31.2 Å². The van der Waals surface area contributed by atoms with E-state index in [1.54, 1.807) is 19.4 Å². The van der Waals surface area contributed by atoms with Crippen LogP contribution < -0.4 is 14.9 Å². The molecule has 1 aromatic heterocycles. The van der Waals surface area contributed by atoms with Crippen LogP contribution in [0.2, 0.25) is 0 Å². The Morgan fingerprint density at radius 2 is 1.94 bits per heavy atom. The Morgan fingerprint density at radius 1 is 1.13 bits per heavy atom. The third-order valence-electron chi connectivity index (χ3n) is 4.76. The minimum absolute atomic E-state index is 0.300. The summed E-state index contributed by atoms with van der Waals surface area (Å²) in [5.41, 5.74) is 5.10. The van der Waals surface area contributed by atoms with E-state index in [0.717, 1.165) is 27.6 Å². The average Bonchev–Trinajstić information content (AvgIpc) is 3.29. The Kier molecular flexibility index (Phi) is 5.93. The molecule has 1 amide bonds. The summed E-state index contributed by atoms with van der Waals surface area (Å²) in [7, 11) is 1.61. The number of hydrazone groups is 1. The first kappa shape index (κ1) is 20.2. The van der Waals surface area contributed by atoms with Gasteiger partial charge in [0.2, 0.25) is 0 Å². The highest BCUT2D eigenvalue weighted by molar-refractivity contribution is 6.00. The molecule has 3 aromatic carbocycles. The van der Waals surface area contributed by atoms with Gasteiger partial charge in [-0.3, -0.25) is 9.89 Å². The number of amides is 1. The summed E-state index contributed by atoms with van der Waals surface area (Å²) in [6, 6.07) is 21.0. The maximum atomic E-state index is 12.5. The smallest absolute Gasteiger partial charge is 0.289 e. The highest BCUT2D eigenvalue weighted by Crippen LogP contribution is 2.36. The third-order valence-corrected chi connectivity index (χ3v) is 4.76. The zero-order chi connectivity index (χ0) is 21.6. The molecule has 0 aliphatic rings. The van der Waals surface area contributed by atoms with Crippen molar-refractivity contribution in [2.24, 2.45) is 5.10 Å². The van der Waals surface area contributed by atoms with Crippen molar-refractivity contribution in [2.75, 3.05) is 13.7 Å². The molecule has 0 saturated heterocycles. The third kappa shape index (κ3) is 4.40. The fourth-order valence-electron chi connectivity index (χ4n) is 3.29. The van der Waals surface area contributed by atoms with Crippen LogP contribution >= 0.6 is 0 Å². The number of fused-ring (bicyclic) bond motifs is 1. The molecule has 0 aliphatic carbocycles. The number of carbonyl (C=O) groups excluding carboxylic acids is 1. The molecule has 7 nitrogen and oxygen atoms in total. The van der Waals surface area contributed by atoms with Crippen LogP contribution in [0.1, 0.15) is 23.0 Å². The van der Waals surface area contributed by atoms with E-state index in [1.165, 1.54) is 0 Å². The number of benzene rings is 3. The first-order valence-corrected chi connectivity index (χ1v) is 9.87. The highest BCUT2D eigenvalue weighted by Gasteiger charge is 2.16. The maximum absolute atomic E-state index is 12.5. The number of rotatable bonds is 7. The standard InChI is InChI=1S/C24H22N4O3/c1-3-31-18-11-8-16(9-12-18)15-25-28-24(29)21-14-20(26-27-21)23-19-7-5-4-6-17(19)10-13-22(23)30-2/h4-15H,3H2,1-2H3,(H,26,27)(H,28,29)/b25-15-. The lowest BCUT2D eigenvalue weighted by Crippen LogP contribution is -2.17. The summed E-state index contributed by atoms with van der Waals surface area (Å²) in [6.45, 7) is 2.54.